The third kappa shape index (κ3) is 4.50. The largest absolute Gasteiger partial charge is 0.332 e. The summed E-state index contributed by atoms with van der Waals surface area (Å²) in [7, 11) is 1.73. The fourth-order valence-corrected chi connectivity index (χ4v) is 4.88. The van der Waals surface area contributed by atoms with Crippen LogP contribution >= 0.6 is 0 Å². The van der Waals surface area contributed by atoms with Gasteiger partial charge in [-0.25, -0.2) is 4.79 Å². The summed E-state index contributed by atoms with van der Waals surface area (Å²) in [4.78, 5) is 33.5. The van der Waals surface area contributed by atoms with Gasteiger partial charge >= 0.3 is 5.69 Å². The van der Waals surface area contributed by atoms with Crippen molar-refractivity contribution in [3.05, 3.63) is 50.7 Å². The molecule has 3 heterocycles. The number of rotatable bonds is 9. The second-order valence-electron chi connectivity index (χ2n) is 9.50. The van der Waals surface area contributed by atoms with Crippen molar-refractivity contribution in [3.63, 3.8) is 0 Å². The highest BCUT2D eigenvalue weighted by Gasteiger charge is 2.29. The second-order valence-corrected chi connectivity index (χ2v) is 9.50. The van der Waals surface area contributed by atoms with Gasteiger partial charge in [-0.2, -0.15) is 4.98 Å². The van der Waals surface area contributed by atoms with E-state index in [-0.39, 0.29) is 11.2 Å². The van der Waals surface area contributed by atoms with Crippen molar-refractivity contribution in [3.8, 4) is 0 Å². The Balaban J connectivity index is 1.72. The normalized spacial score (nSPS) is 15.9. The van der Waals surface area contributed by atoms with E-state index >= 15 is 0 Å². The highest BCUT2D eigenvalue weighted by molar-refractivity contribution is 5.77. The number of nitrogens with zero attached hydrogens (tertiary/aromatic N) is 5. The molecule has 3 aromatic rings. The van der Waals surface area contributed by atoms with Crippen molar-refractivity contribution in [2.75, 3.05) is 11.4 Å². The van der Waals surface area contributed by atoms with Crippen LogP contribution in [0.4, 0.5) is 11.6 Å². The molecule has 0 spiro atoms. The van der Waals surface area contributed by atoms with Crippen LogP contribution in [0.1, 0.15) is 64.9 Å². The standard InChI is InChI=1S/C26H37N5O2/c1-5-7-8-9-10-11-16-29-24(32)22-23(28(4)26(29)33)27-25-30(17-19(3)18-31(22)25)21-14-12-20(6-2)13-15-21/h12-15,19H,5-11,16-18H2,1-4H3/t19-/m0/s1. The van der Waals surface area contributed by atoms with Gasteiger partial charge in [-0.1, -0.05) is 65.0 Å². The summed E-state index contributed by atoms with van der Waals surface area (Å²) < 4.78 is 4.98. The molecule has 33 heavy (non-hydrogen) atoms. The van der Waals surface area contributed by atoms with Gasteiger partial charge in [-0.15, -0.1) is 0 Å². The molecular weight excluding hydrogens is 414 g/mol. The fraction of sp³-hybridized carbons (Fsp3) is 0.577. The van der Waals surface area contributed by atoms with Crippen LogP contribution in [0.5, 0.6) is 0 Å². The Bertz CT molecular complexity index is 1220. The Morgan fingerprint density at radius 3 is 2.36 bits per heavy atom. The van der Waals surface area contributed by atoms with Gasteiger partial charge in [-0.05, 0) is 36.5 Å². The van der Waals surface area contributed by atoms with Crippen molar-refractivity contribution in [1.82, 2.24) is 18.7 Å². The molecule has 178 valence electrons. The number of aromatic nitrogens is 4. The molecule has 7 nitrogen and oxygen atoms in total. The number of hydrogen-bond donors (Lipinski definition) is 0. The second kappa shape index (κ2) is 9.98. The Morgan fingerprint density at radius 1 is 0.970 bits per heavy atom. The third-order valence-electron chi connectivity index (χ3n) is 6.83. The first-order valence-corrected chi connectivity index (χ1v) is 12.5. The predicted octanol–water partition coefficient (Wildman–Crippen LogP) is 4.61. The van der Waals surface area contributed by atoms with E-state index in [2.05, 4.69) is 49.9 Å². The first kappa shape index (κ1) is 23.3. The first-order valence-electron chi connectivity index (χ1n) is 12.5. The molecule has 1 aromatic carbocycles. The number of anilines is 2. The molecule has 1 aliphatic rings. The molecule has 4 rings (SSSR count). The molecule has 1 aliphatic heterocycles. The summed E-state index contributed by atoms with van der Waals surface area (Å²) in [5.41, 5.74) is 2.88. The summed E-state index contributed by atoms with van der Waals surface area (Å²) in [5.74, 6) is 1.10. The minimum atomic E-state index is -0.275. The van der Waals surface area contributed by atoms with Crippen LogP contribution < -0.4 is 16.1 Å². The minimum Gasteiger partial charge on any atom is -0.312 e. The van der Waals surface area contributed by atoms with E-state index in [4.69, 9.17) is 4.98 Å². The van der Waals surface area contributed by atoms with Crippen LogP contribution in [0.3, 0.4) is 0 Å². The molecule has 0 radical (unpaired) electrons. The predicted molar refractivity (Wildman–Crippen MR) is 135 cm³/mol. The summed E-state index contributed by atoms with van der Waals surface area (Å²) in [6.45, 7) is 8.56. The Kier molecular flexibility index (Phi) is 7.05. The van der Waals surface area contributed by atoms with Crippen LogP contribution in [0.2, 0.25) is 0 Å². The average Bonchev–Trinajstić information content (AvgIpc) is 3.21. The maximum absolute atomic E-state index is 13.5. The van der Waals surface area contributed by atoms with E-state index in [0.717, 1.165) is 50.4 Å². The number of imidazole rings is 1. The van der Waals surface area contributed by atoms with Crippen molar-refractivity contribution >= 4 is 22.8 Å². The first-order chi connectivity index (χ1) is 16.0. The number of fused-ring (bicyclic) bond motifs is 3. The quantitative estimate of drug-likeness (QED) is 0.446. The van der Waals surface area contributed by atoms with Crippen LogP contribution in [0, 0.1) is 5.92 Å². The van der Waals surface area contributed by atoms with Crippen molar-refractivity contribution in [2.24, 2.45) is 13.0 Å². The minimum absolute atomic E-state index is 0.212. The lowest BCUT2D eigenvalue weighted by molar-refractivity contribution is 0.457. The van der Waals surface area contributed by atoms with Crippen LogP contribution in [-0.4, -0.2) is 25.2 Å². The zero-order chi connectivity index (χ0) is 23.5. The number of benzene rings is 1. The smallest absolute Gasteiger partial charge is 0.312 e. The molecule has 7 heteroatoms. The Morgan fingerprint density at radius 2 is 1.67 bits per heavy atom. The monoisotopic (exact) mass is 451 g/mol. The van der Waals surface area contributed by atoms with E-state index in [0.29, 0.717) is 23.6 Å². The molecule has 0 fully saturated rings. The molecule has 0 unspecified atom stereocenters. The molecule has 0 N–H and O–H groups in total. The van der Waals surface area contributed by atoms with E-state index in [1.54, 1.807) is 11.6 Å². The van der Waals surface area contributed by atoms with Crippen LogP contribution in [-0.2, 0) is 26.6 Å². The van der Waals surface area contributed by atoms with Gasteiger partial charge in [0.15, 0.2) is 11.2 Å². The molecule has 0 amide bonds. The molecule has 1 atom stereocenters. The molecule has 0 saturated heterocycles. The van der Waals surface area contributed by atoms with Crippen molar-refractivity contribution < 1.29 is 0 Å². The lowest BCUT2D eigenvalue weighted by Gasteiger charge is -2.33. The lowest BCUT2D eigenvalue weighted by atomic mass is 10.1. The van der Waals surface area contributed by atoms with Gasteiger partial charge < -0.3 is 9.47 Å². The number of hydrogen-bond acceptors (Lipinski definition) is 4. The summed E-state index contributed by atoms with van der Waals surface area (Å²) in [5, 5.41) is 0. The van der Waals surface area contributed by atoms with Crippen molar-refractivity contribution in [2.45, 2.75) is 78.8 Å². The average molecular weight is 452 g/mol. The summed E-state index contributed by atoms with van der Waals surface area (Å²) in [6, 6.07) is 8.53. The van der Waals surface area contributed by atoms with Crippen molar-refractivity contribution in [1.29, 1.82) is 0 Å². The third-order valence-corrected chi connectivity index (χ3v) is 6.83. The van der Waals surface area contributed by atoms with E-state index < -0.39 is 0 Å². The zero-order valence-corrected chi connectivity index (χ0v) is 20.5. The lowest BCUT2D eigenvalue weighted by Crippen LogP contribution is -2.40. The van der Waals surface area contributed by atoms with Gasteiger partial charge in [0.2, 0.25) is 5.95 Å². The Hall–Kier alpha value is -2.83. The fourth-order valence-electron chi connectivity index (χ4n) is 4.88. The summed E-state index contributed by atoms with van der Waals surface area (Å²) >= 11 is 0. The molecule has 2 aromatic heterocycles. The molecule has 0 bridgehead atoms. The number of aryl methyl sites for hydroxylation is 2. The Labute approximate surface area is 195 Å². The topological polar surface area (TPSA) is 65.1 Å². The molecular formula is C26H37N5O2. The van der Waals surface area contributed by atoms with E-state index in [1.165, 1.54) is 29.4 Å². The van der Waals surface area contributed by atoms with E-state index in [1.807, 2.05) is 4.57 Å². The highest BCUT2D eigenvalue weighted by Crippen LogP contribution is 2.32. The van der Waals surface area contributed by atoms with Gasteiger partial charge in [0.1, 0.15) is 0 Å². The maximum Gasteiger partial charge on any atom is 0.332 e. The van der Waals surface area contributed by atoms with Gasteiger partial charge in [0.25, 0.3) is 5.56 Å². The molecule has 0 aliphatic carbocycles. The van der Waals surface area contributed by atoms with Gasteiger partial charge in [0.05, 0.1) is 0 Å². The summed E-state index contributed by atoms with van der Waals surface area (Å²) in [6.07, 6.45) is 7.69. The number of unbranched alkanes of at least 4 members (excludes halogenated alkanes) is 5. The van der Waals surface area contributed by atoms with Gasteiger partial charge in [-0.3, -0.25) is 13.9 Å². The maximum atomic E-state index is 13.5. The van der Waals surface area contributed by atoms with Crippen LogP contribution in [0.25, 0.3) is 11.2 Å². The SMILES string of the molecule is CCCCCCCCn1c(=O)c2c(nc3n2C[C@@H](C)CN3c2ccc(CC)cc2)n(C)c1=O. The molecule has 0 saturated carbocycles. The van der Waals surface area contributed by atoms with Crippen LogP contribution in [0.15, 0.2) is 33.9 Å². The zero-order valence-electron chi connectivity index (χ0n) is 20.5. The van der Waals surface area contributed by atoms with Gasteiger partial charge in [0, 0.05) is 32.4 Å². The van der Waals surface area contributed by atoms with E-state index in [9.17, 15) is 9.59 Å². The highest BCUT2D eigenvalue weighted by atomic mass is 16.2.